The summed E-state index contributed by atoms with van der Waals surface area (Å²) in [6, 6.07) is 7.33. The van der Waals surface area contributed by atoms with Crippen LogP contribution in [0.3, 0.4) is 0 Å². The molecule has 0 aliphatic carbocycles. The van der Waals surface area contributed by atoms with Crippen molar-refractivity contribution in [1.29, 1.82) is 0 Å². The van der Waals surface area contributed by atoms with E-state index in [1.807, 2.05) is 0 Å². The predicted molar refractivity (Wildman–Crippen MR) is 70.7 cm³/mol. The normalized spacial score (nSPS) is 10.3. The Bertz CT molecular complexity index is 639. The zero-order valence-electron chi connectivity index (χ0n) is 10.4. The molecule has 0 fully saturated rings. The van der Waals surface area contributed by atoms with Crippen LogP contribution in [0, 0.1) is 11.6 Å². The highest BCUT2D eigenvalue weighted by Gasteiger charge is 2.11. The van der Waals surface area contributed by atoms with E-state index in [0.717, 1.165) is 12.1 Å². The van der Waals surface area contributed by atoms with E-state index in [1.54, 1.807) is 0 Å². The van der Waals surface area contributed by atoms with Gasteiger partial charge >= 0.3 is 5.97 Å². The van der Waals surface area contributed by atoms with Crippen molar-refractivity contribution in [3.63, 3.8) is 0 Å². The number of carbonyl (C=O) groups is 1. The smallest absolute Gasteiger partial charge is 0.338 e. The van der Waals surface area contributed by atoms with Crippen LogP contribution < -0.4 is 11.5 Å². The molecule has 0 radical (unpaired) electrons. The molecule has 20 heavy (non-hydrogen) atoms. The van der Waals surface area contributed by atoms with Gasteiger partial charge in [-0.1, -0.05) is 0 Å². The fraction of sp³-hybridized carbons (Fsp3) is 0.0714. The number of benzene rings is 2. The third-order valence-electron chi connectivity index (χ3n) is 2.59. The van der Waals surface area contributed by atoms with Crippen molar-refractivity contribution >= 4 is 17.3 Å². The first-order chi connectivity index (χ1) is 9.45. The van der Waals surface area contributed by atoms with Gasteiger partial charge < -0.3 is 16.2 Å². The fourth-order valence-electron chi connectivity index (χ4n) is 1.66. The Hall–Kier alpha value is -2.63. The molecule has 2 aromatic rings. The van der Waals surface area contributed by atoms with Crippen molar-refractivity contribution in [3.8, 4) is 0 Å². The lowest BCUT2D eigenvalue weighted by atomic mass is 10.2. The maximum absolute atomic E-state index is 13.4. The third-order valence-corrected chi connectivity index (χ3v) is 2.59. The number of ether oxygens (including phenoxy) is 1. The molecule has 0 aromatic heterocycles. The first-order valence-electron chi connectivity index (χ1n) is 5.73. The number of esters is 1. The molecule has 0 spiro atoms. The number of hydrogen-bond acceptors (Lipinski definition) is 4. The highest BCUT2D eigenvalue weighted by molar-refractivity contribution is 5.91. The van der Waals surface area contributed by atoms with E-state index in [-0.39, 0.29) is 17.7 Å². The highest BCUT2D eigenvalue weighted by Crippen LogP contribution is 2.16. The molecule has 0 amide bonds. The number of nitrogens with two attached hydrogens (primary N) is 2. The van der Waals surface area contributed by atoms with Crippen molar-refractivity contribution < 1.29 is 18.3 Å². The summed E-state index contributed by atoms with van der Waals surface area (Å²) in [5.41, 5.74) is 12.0. The van der Waals surface area contributed by atoms with Gasteiger partial charge in [0.15, 0.2) is 0 Å². The number of rotatable bonds is 3. The monoisotopic (exact) mass is 278 g/mol. The number of halogens is 2. The van der Waals surface area contributed by atoms with Gasteiger partial charge in [0.05, 0.1) is 5.56 Å². The Morgan fingerprint density at radius 1 is 1.05 bits per heavy atom. The third kappa shape index (κ3) is 3.23. The van der Waals surface area contributed by atoms with E-state index in [1.165, 1.54) is 24.3 Å². The topological polar surface area (TPSA) is 78.3 Å². The summed E-state index contributed by atoms with van der Waals surface area (Å²) in [6.07, 6.45) is 0. The van der Waals surface area contributed by atoms with Gasteiger partial charge in [0.2, 0.25) is 0 Å². The van der Waals surface area contributed by atoms with E-state index in [0.29, 0.717) is 11.4 Å². The Kier molecular flexibility index (Phi) is 3.84. The molecule has 2 rings (SSSR count). The molecule has 104 valence electrons. The minimum atomic E-state index is -0.773. The van der Waals surface area contributed by atoms with Crippen LogP contribution in [0.4, 0.5) is 20.2 Å². The molecule has 6 heteroatoms. The average molecular weight is 278 g/mol. The molecule has 4 nitrogen and oxygen atoms in total. The van der Waals surface area contributed by atoms with E-state index >= 15 is 0 Å². The molecule has 0 bridgehead atoms. The second-order valence-electron chi connectivity index (χ2n) is 4.20. The van der Waals surface area contributed by atoms with Gasteiger partial charge in [-0.05, 0) is 30.3 Å². The van der Waals surface area contributed by atoms with Gasteiger partial charge in [0.25, 0.3) is 0 Å². The molecule has 0 aliphatic rings. The molecular formula is C14H12F2N2O2. The Morgan fingerprint density at radius 2 is 1.70 bits per heavy atom. The molecule has 0 unspecified atom stereocenters. The molecule has 2 aromatic carbocycles. The summed E-state index contributed by atoms with van der Waals surface area (Å²) < 4.78 is 31.0. The van der Waals surface area contributed by atoms with Crippen LogP contribution in [0.5, 0.6) is 0 Å². The first-order valence-corrected chi connectivity index (χ1v) is 5.73. The van der Waals surface area contributed by atoms with Gasteiger partial charge in [-0.15, -0.1) is 0 Å². The van der Waals surface area contributed by atoms with E-state index < -0.39 is 17.6 Å². The second-order valence-corrected chi connectivity index (χ2v) is 4.20. The van der Waals surface area contributed by atoms with Gasteiger partial charge in [-0.3, -0.25) is 0 Å². The molecule has 0 saturated carbocycles. The number of carbonyl (C=O) groups excluding carboxylic acids is 1. The summed E-state index contributed by atoms with van der Waals surface area (Å²) in [6.45, 7) is -0.306. The fourth-order valence-corrected chi connectivity index (χ4v) is 1.66. The molecular weight excluding hydrogens is 266 g/mol. The van der Waals surface area contributed by atoms with Crippen molar-refractivity contribution in [2.24, 2.45) is 0 Å². The lowest BCUT2D eigenvalue weighted by molar-refractivity contribution is 0.0469. The largest absolute Gasteiger partial charge is 0.457 e. The zero-order valence-corrected chi connectivity index (χ0v) is 10.4. The van der Waals surface area contributed by atoms with E-state index in [9.17, 15) is 13.6 Å². The molecule has 4 N–H and O–H groups in total. The van der Waals surface area contributed by atoms with Crippen LogP contribution in [-0.4, -0.2) is 5.97 Å². The van der Waals surface area contributed by atoms with Crippen LogP contribution in [-0.2, 0) is 11.3 Å². The predicted octanol–water partition coefficient (Wildman–Crippen LogP) is 2.49. The van der Waals surface area contributed by atoms with Crippen molar-refractivity contribution in [1.82, 2.24) is 0 Å². The highest BCUT2D eigenvalue weighted by atomic mass is 19.1. The van der Waals surface area contributed by atoms with Crippen LogP contribution >= 0.6 is 0 Å². The Balaban J connectivity index is 2.08. The van der Waals surface area contributed by atoms with E-state index in [4.69, 9.17) is 16.2 Å². The van der Waals surface area contributed by atoms with Crippen LogP contribution in [0.1, 0.15) is 15.9 Å². The van der Waals surface area contributed by atoms with Crippen LogP contribution in [0.25, 0.3) is 0 Å². The summed E-state index contributed by atoms with van der Waals surface area (Å²) in [5.74, 6) is -2.15. The molecule has 0 saturated heterocycles. The summed E-state index contributed by atoms with van der Waals surface area (Å²) in [5, 5.41) is 0. The maximum atomic E-state index is 13.4. The van der Waals surface area contributed by atoms with Crippen molar-refractivity contribution in [2.45, 2.75) is 6.61 Å². The SMILES string of the molecule is Nc1cc(N)cc(C(=O)OCc2ccc(F)cc2F)c1. The Morgan fingerprint density at radius 3 is 2.30 bits per heavy atom. The van der Waals surface area contributed by atoms with Gasteiger partial charge in [0, 0.05) is 23.0 Å². The lowest BCUT2D eigenvalue weighted by Gasteiger charge is -2.07. The standard InChI is InChI=1S/C14H12F2N2O2/c15-10-2-1-8(13(16)5-10)7-20-14(19)9-3-11(17)6-12(18)4-9/h1-6H,7,17-18H2. The quantitative estimate of drug-likeness (QED) is 0.668. The number of hydrogen-bond donors (Lipinski definition) is 2. The van der Waals surface area contributed by atoms with Crippen LogP contribution in [0.15, 0.2) is 36.4 Å². The number of anilines is 2. The minimum Gasteiger partial charge on any atom is -0.457 e. The summed E-state index contributed by atoms with van der Waals surface area (Å²) in [4.78, 5) is 11.8. The minimum absolute atomic E-state index is 0.0802. The van der Waals surface area contributed by atoms with Gasteiger partial charge in [-0.25, -0.2) is 13.6 Å². The zero-order chi connectivity index (χ0) is 14.7. The Labute approximate surface area is 114 Å². The van der Waals surface area contributed by atoms with Crippen molar-refractivity contribution in [2.75, 3.05) is 11.5 Å². The van der Waals surface area contributed by atoms with E-state index in [2.05, 4.69) is 0 Å². The average Bonchev–Trinajstić information content (AvgIpc) is 2.36. The maximum Gasteiger partial charge on any atom is 0.338 e. The summed E-state index contributed by atoms with van der Waals surface area (Å²) in [7, 11) is 0. The van der Waals surface area contributed by atoms with Crippen LogP contribution in [0.2, 0.25) is 0 Å². The molecule has 0 aliphatic heterocycles. The summed E-state index contributed by atoms with van der Waals surface area (Å²) >= 11 is 0. The second kappa shape index (κ2) is 5.56. The lowest BCUT2D eigenvalue weighted by Crippen LogP contribution is -2.07. The molecule has 0 atom stereocenters. The van der Waals surface area contributed by atoms with Gasteiger partial charge in [0.1, 0.15) is 18.2 Å². The van der Waals surface area contributed by atoms with Gasteiger partial charge in [-0.2, -0.15) is 0 Å². The molecule has 0 heterocycles. The number of nitrogen functional groups attached to an aromatic ring is 2. The van der Waals surface area contributed by atoms with Crippen molar-refractivity contribution in [3.05, 3.63) is 59.2 Å². The first kappa shape index (κ1) is 13.8.